The van der Waals surface area contributed by atoms with E-state index in [1.807, 2.05) is 4.98 Å². The van der Waals surface area contributed by atoms with E-state index in [1.54, 1.807) is 13.8 Å². The van der Waals surface area contributed by atoms with Gasteiger partial charge in [0, 0.05) is 12.3 Å². The zero-order valence-electron chi connectivity index (χ0n) is 17.5. The van der Waals surface area contributed by atoms with Crippen molar-refractivity contribution < 1.29 is 37.3 Å². The van der Waals surface area contributed by atoms with E-state index >= 15 is 4.39 Å². The fourth-order valence-electron chi connectivity index (χ4n) is 3.29. The maximum Gasteiger partial charge on any atom is 0.341 e. The number of rotatable bonds is 5. The highest BCUT2D eigenvalue weighted by Gasteiger charge is 2.59. The summed E-state index contributed by atoms with van der Waals surface area (Å²) in [5, 5.41) is 4.71. The number of H-pyrrole nitrogens is 1. The van der Waals surface area contributed by atoms with Crippen LogP contribution >= 0.6 is 7.67 Å². The fourth-order valence-corrected chi connectivity index (χ4v) is 4.62. The molecule has 0 aromatic carbocycles. The fraction of sp³-hybridized carbons (Fsp3) is 0.647. The number of aromatic nitrogens is 2. The Morgan fingerprint density at radius 1 is 1.44 bits per heavy atom. The molecule has 3 N–H and O–H groups in total. The van der Waals surface area contributed by atoms with E-state index < -0.39 is 80.8 Å². The summed E-state index contributed by atoms with van der Waals surface area (Å²) in [6, 6.07) is 1.01. The van der Waals surface area contributed by atoms with Crippen LogP contribution in [0.2, 0.25) is 0 Å². The summed E-state index contributed by atoms with van der Waals surface area (Å²) in [5.74, 6) is -1.66. The Hall–Kier alpha value is -2.38. The van der Waals surface area contributed by atoms with Crippen LogP contribution in [0.15, 0.2) is 21.9 Å². The normalized spacial score (nSPS) is 33.0. The number of aromatic amines is 1. The van der Waals surface area contributed by atoms with E-state index in [0.29, 0.717) is 0 Å². The predicted octanol–water partition coefficient (Wildman–Crippen LogP) is -0.657. The van der Waals surface area contributed by atoms with Crippen LogP contribution in [0.3, 0.4) is 0 Å². The molecule has 15 heteroatoms. The number of halogens is 1. The first-order chi connectivity index (χ1) is 14.9. The number of nitrogens with one attached hydrogen (secondary N) is 3. The molecule has 2 aliphatic rings. The summed E-state index contributed by atoms with van der Waals surface area (Å²) in [4.78, 5) is 49.4. The molecule has 0 radical (unpaired) electrons. The lowest BCUT2D eigenvalue weighted by atomic mass is 9.98. The highest BCUT2D eigenvalue weighted by molar-refractivity contribution is 7.54. The minimum absolute atomic E-state index is 0.391. The van der Waals surface area contributed by atoms with Gasteiger partial charge in [-0.15, -0.1) is 0 Å². The second-order valence-electron chi connectivity index (χ2n) is 7.66. The van der Waals surface area contributed by atoms with E-state index in [4.69, 9.17) is 18.7 Å². The lowest BCUT2D eigenvalue weighted by Crippen LogP contribution is -2.46. The van der Waals surface area contributed by atoms with Crippen molar-refractivity contribution in [1.82, 2.24) is 19.7 Å². The van der Waals surface area contributed by atoms with Crippen molar-refractivity contribution in [3.8, 4) is 0 Å². The van der Waals surface area contributed by atoms with Gasteiger partial charge in [0.25, 0.3) is 5.56 Å². The largest absolute Gasteiger partial charge is 0.462 e. The van der Waals surface area contributed by atoms with E-state index in [9.17, 15) is 23.7 Å². The van der Waals surface area contributed by atoms with E-state index in [2.05, 4.69) is 10.2 Å². The van der Waals surface area contributed by atoms with Crippen molar-refractivity contribution in [1.29, 1.82) is 0 Å². The molecule has 5 atom stereocenters. The van der Waals surface area contributed by atoms with Gasteiger partial charge in [-0.1, -0.05) is 0 Å². The Kier molecular flexibility index (Phi) is 7.00. The molecule has 0 aliphatic carbocycles. The summed E-state index contributed by atoms with van der Waals surface area (Å²) in [5.41, 5.74) is -4.02. The monoisotopic (exact) mass is 478 g/mol. The van der Waals surface area contributed by atoms with E-state index in [0.717, 1.165) is 23.8 Å². The van der Waals surface area contributed by atoms with Gasteiger partial charge in [-0.05, 0) is 20.8 Å². The molecule has 178 valence electrons. The third kappa shape index (κ3) is 5.33. The molecule has 13 nitrogen and oxygen atoms in total. The van der Waals surface area contributed by atoms with E-state index in [-0.39, 0.29) is 0 Å². The summed E-state index contributed by atoms with van der Waals surface area (Å²) < 4.78 is 50.6. The number of carbonyl (C=O) groups excluding carboxylic acids is 2. The molecule has 0 spiro atoms. The van der Waals surface area contributed by atoms with Crippen LogP contribution in [0.4, 0.5) is 4.39 Å². The molecule has 2 fully saturated rings. The number of hydrogen-bond acceptors (Lipinski definition) is 9. The number of ether oxygens (including phenoxy) is 3. The Labute approximate surface area is 181 Å². The minimum Gasteiger partial charge on any atom is -0.462 e. The van der Waals surface area contributed by atoms with Gasteiger partial charge in [-0.25, -0.2) is 19.4 Å². The van der Waals surface area contributed by atoms with Crippen molar-refractivity contribution >= 4 is 19.6 Å². The van der Waals surface area contributed by atoms with Crippen LogP contribution in [0.25, 0.3) is 0 Å². The zero-order valence-corrected chi connectivity index (χ0v) is 18.4. The summed E-state index contributed by atoms with van der Waals surface area (Å²) in [6.45, 7) is 2.73. The Balaban J connectivity index is 1.80. The number of nitrogens with zero attached hydrogens (tertiary/aromatic N) is 1. The van der Waals surface area contributed by atoms with Gasteiger partial charge in [-0.3, -0.25) is 28.5 Å². The molecule has 1 aromatic heterocycles. The van der Waals surface area contributed by atoms with Crippen LogP contribution in [-0.2, 0) is 32.9 Å². The third-order valence-corrected chi connectivity index (χ3v) is 6.36. The molecule has 0 saturated carbocycles. The highest BCUT2D eigenvalue weighted by Crippen LogP contribution is 2.45. The van der Waals surface area contributed by atoms with Gasteiger partial charge < -0.3 is 18.7 Å². The van der Waals surface area contributed by atoms with Crippen molar-refractivity contribution in [3.63, 3.8) is 0 Å². The first-order valence-electron chi connectivity index (χ1n) is 9.71. The first kappa shape index (κ1) is 24.3. The smallest absolute Gasteiger partial charge is 0.341 e. The molecular formula is C17H24FN4O9P. The maximum atomic E-state index is 15.7. The van der Waals surface area contributed by atoms with Crippen LogP contribution in [0.1, 0.15) is 27.0 Å². The van der Waals surface area contributed by atoms with Crippen molar-refractivity contribution in [2.45, 2.75) is 51.0 Å². The first-order valence-corrected chi connectivity index (χ1v) is 11.3. The molecular weight excluding hydrogens is 454 g/mol. The zero-order chi connectivity index (χ0) is 23.7. The third-order valence-electron chi connectivity index (χ3n) is 4.69. The topological polar surface area (TPSA) is 167 Å². The van der Waals surface area contributed by atoms with Crippen LogP contribution in [0, 0.1) is 0 Å². The Morgan fingerprint density at radius 3 is 2.81 bits per heavy atom. The second-order valence-corrected chi connectivity index (χ2v) is 9.66. The number of esters is 2. The molecule has 0 amide bonds. The average Bonchev–Trinajstić information content (AvgIpc) is 2.96. The summed E-state index contributed by atoms with van der Waals surface area (Å²) in [6.07, 6.45) is -3.68. The maximum absolute atomic E-state index is 15.7. The van der Waals surface area contributed by atoms with Gasteiger partial charge in [0.05, 0.1) is 12.7 Å². The lowest BCUT2D eigenvalue weighted by Gasteiger charge is -2.27. The lowest BCUT2D eigenvalue weighted by molar-refractivity contribution is -0.156. The van der Waals surface area contributed by atoms with Crippen molar-refractivity contribution in [2.75, 3.05) is 19.7 Å². The molecule has 2 aliphatic heterocycles. The van der Waals surface area contributed by atoms with E-state index in [1.165, 1.54) is 0 Å². The standard InChI is InChI=1S/C17H24FN4O9P/c1-9(2)29-12(24)6-19-32(27)20-7-13(25)31-14-10(8-28-32)30-15(17(14,3)18)22-5-4-11(23)21-16(22)26/h4-5,9-10,14-15H,6-8H2,1-3H3,(H2,19,20,27)(H,21,23,26)/t10-,14?,15-,17+,32?/m1/s1. The minimum atomic E-state index is -3.97. The Bertz CT molecular complexity index is 1040. The number of alkyl halides is 1. The molecule has 3 rings (SSSR count). The predicted molar refractivity (Wildman–Crippen MR) is 105 cm³/mol. The van der Waals surface area contributed by atoms with Crippen LogP contribution in [0.5, 0.6) is 0 Å². The molecule has 2 saturated heterocycles. The second kappa shape index (κ2) is 9.24. The molecule has 1 aromatic rings. The van der Waals surface area contributed by atoms with Crippen molar-refractivity contribution in [2.24, 2.45) is 0 Å². The van der Waals surface area contributed by atoms with Gasteiger partial charge in [0.1, 0.15) is 19.2 Å². The van der Waals surface area contributed by atoms with Crippen LogP contribution in [-0.4, -0.2) is 65.2 Å². The van der Waals surface area contributed by atoms with Gasteiger partial charge in [0.15, 0.2) is 18.0 Å². The Morgan fingerprint density at radius 2 is 2.16 bits per heavy atom. The number of hydrogen-bond donors (Lipinski definition) is 3. The van der Waals surface area contributed by atoms with Gasteiger partial charge in [-0.2, -0.15) is 0 Å². The SMILES string of the molecule is CC(C)OC(=O)CNP1(=O)NCC(=O)OC2[C@@H](CO1)O[C@@H](n1ccc(=O)[nH]c1=O)[C@@]2(C)F. The van der Waals surface area contributed by atoms with Crippen molar-refractivity contribution in [3.05, 3.63) is 33.1 Å². The number of fused-ring (bicyclic) bond motifs is 1. The van der Waals surface area contributed by atoms with Gasteiger partial charge in [0.2, 0.25) is 0 Å². The highest BCUT2D eigenvalue weighted by atomic mass is 31.2. The molecule has 2 unspecified atom stereocenters. The molecule has 0 bridgehead atoms. The average molecular weight is 478 g/mol. The quantitative estimate of drug-likeness (QED) is 0.363. The summed E-state index contributed by atoms with van der Waals surface area (Å²) >= 11 is 0. The summed E-state index contributed by atoms with van der Waals surface area (Å²) in [7, 11) is -3.97. The molecule has 3 heterocycles. The van der Waals surface area contributed by atoms with Crippen LogP contribution < -0.4 is 21.4 Å². The number of carbonyl (C=O) groups is 2. The van der Waals surface area contributed by atoms with Gasteiger partial charge >= 0.3 is 25.3 Å². The molecule has 32 heavy (non-hydrogen) atoms.